The fourth-order valence-electron chi connectivity index (χ4n) is 2.10. The van der Waals surface area contributed by atoms with Crippen LogP contribution in [-0.4, -0.2) is 10.4 Å². The van der Waals surface area contributed by atoms with Gasteiger partial charge in [0, 0.05) is 24.2 Å². The summed E-state index contributed by atoms with van der Waals surface area (Å²) in [6.07, 6.45) is -3.72. The molecule has 0 aliphatic carbocycles. The minimum atomic E-state index is -4.61. The predicted octanol–water partition coefficient (Wildman–Crippen LogP) is 5.59. The van der Waals surface area contributed by atoms with Gasteiger partial charge in [-0.05, 0) is 17.7 Å². The first-order chi connectivity index (χ1) is 10.3. The molecule has 1 heterocycles. The zero-order valence-corrected chi connectivity index (χ0v) is 13.2. The summed E-state index contributed by atoms with van der Waals surface area (Å²) < 4.78 is 41.0. The number of aromatic nitrogens is 1. The van der Waals surface area contributed by atoms with Gasteiger partial charge in [0.1, 0.15) is 11.8 Å². The van der Waals surface area contributed by atoms with Crippen LogP contribution < -0.4 is 0 Å². The largest absolute Gasteiger partial charge is 0.418 e. The number of benzene rings is 1. The van der Waals surface area contributed by atoms with Gasteiger partial charge in [0.15, 0.2) is 0 Å². The van der Waals surface area contributed by atoms with Crippen molar-refractivity contribution < 1.29 is 13.2 Å². The third-order valence-corrected chi connectivity index (χ3v) is 3.93. The van der Waals surface area contributed by atoms with Crippen LogP contribution in [0.15, 0.2) is 24.4 Å². The summed E-state index contributed by atoms with van der Waals surface area (Å²) in [7, 11) is 0. The maximum absolute atomic E-state index is 13.3. The van der Waals surface area contributed by atoms with Crippen LogP contribution in [0.3, 0.4) is 0 Å². The van der Waals surface area contributed by atoms with Crippen molar-refractivity contribution in [1.82, 2.24) is 4.57 Å². The highest BCUT2D eigenvalue weighted by Gasteiger charge is 2.37. The molecule has 0 saturated carbocycles. The van der Waals surface area contributed by atoms with E-state index < -0.39 is 11.7 Å². The fourth-order valence-corrected chi connectivity index (χ4v) is 2.58. The van der Waals surface area contributed by atoms with Gasteiger partial charge in [-0.1, -0.05) is 29.3 Å². The molecule has 0 fully saturated rings. The summed E-state index contributed by atoms with van der Waals surface area (Å²) in [6, 6.07) is 5.89. The van der Waals surface area contributed by atoms with Crippen molar-refractivity contribution in [2.45, 2.75) is 12.7 Å². The highest BCUT2D eigenvalue weighted by molar-refractivity contribution is 6.42. The van der Waals surface area contributed by atoms with Gasteiger partial charge in [0.25, 0.3) is 0 Å². The van der Waals surface area contributed by atoms with E-state index in [4.69, 9.17) is 34.8 Å². The second-order valence-electron chi connectivity index (χ2n) is 4.39. The lowest BCUT2D eigenvalue weighted by molar-refractivity contribution is -0.137. The van der Waals surface area contributed by atoms with Gasteiger partial charge in [0.2, 0.25) is 0 Å². The third-order valence-electron chi connectivity index (χ3n) is 3.02. The van der Waals surface area contributed by atoms with E-state index in [-0.39, 0.29) is 39.3 Å². The molecule has 1 aromatic heterocycles. The Labute approximate surface area is 139 Å². The van der Waals surface area contributed by atoms with Gasteiger partial charge >= 0.3 is 6.18 Å². The average molecular weight is 368 g/mol. The van der Waals surface area contributed by atoms with Crippen LogP contribution in [-0.2, 0) is 12.7 Å². The fraction of sp³-hybridized carbons (Fsp3) is 0.214. The molecule has 0 saturated heterocycles. The van der Waals surface area contributed by atoms with Crippen molar-refractivity contribution in [2.24, 2.45) is 0 Å². The molecule has 0 radical (unpaired) electrons. The first-order valence-electron chi connectivity index (χ1n) is 6.01. The quantitative estimate of drug-likeness (QED) is 0.650. The molecule has 116 valence electrons. The molecule has 1 aromatic carbocycles. The lowest BCUT2D eigenvalue weighted by Gasteiger charge is -2.09. The normalized spacial score (nSPS) is 11.5. The molecular formula is C14H8Cl3F3N2. The molecule has 2 rings (SSSR count). The van der Waals surface area contributed by atoms with E-state index in [0.29, 0.717) is 0 Å². The number of rotatable bonds is 3. The SMILES string of the molecule is N#Cc1c(-c2ccc(Cl)c(Cl)c2)c(C(F)(F)F)cn1CCCl. The van der Waals surface area contributed by atoms with Gasteiger partial charge in [-0.15, -0.1) is 11.6 Å². The van der Waals surface area contributed by atoms with Crippen molar-refractivity contribution >= 4 is 34.8 Å². The number of aryl methyl sites for hydroxylation is 1. The van der Waals surface area contributed by atoms with Crippen molar-refractivity contribution in [3.05, 3.63) is 45.7 Å². The Balaban J connectivity index is 2.76. The van der Waals surface area contributed by atoms with Gasteiger partial charge < -0.3 is 4.57 Å². The zero-order chi connectivity index (χ0) is 16.5. The number of nitrogens with zero attached hydrogens (tertiary/aromatic N) is 2. The number of hydrogen-bond acceptors (Lipinski definition) is 1. The van der Waals surface area contributed by atoms with Crippen LogP contribution in [0.5, 0.6) is 0 Å². The van der Waals surface area contributed by atoms with E-state index in [1.807, 2.05) is 0 Å². The Hall–Kier alpha value is -1.35. The van der Waals surface area contributed by atoms with Gasteiger partial charge in [-0.3, -0.25) is 0 Å². The minimum absolute atomic E-state index is 0.0848. The standard InChI is InChI=1S/C14H8Cl3F3N2/c15-3-4-22-7-9(14(18,19)20)13(12(22)6-21)8-1-2-10(16)11(17)5-8/h1-2,5,7H,3-4H2. The van der Waals surface area contributed by atoms with Crippen molar-refractivity contribution in [2.75, 3.05) is 5.88 Å². The van der Waals surface area contributed by atoms with Gasteiger partial charge in [0.05, 0.1) is 15.6 Å². The van der Waals surface area contributed by atoms with Crippen LogP contribution >= 0.6 is 34.8 Å². The molecule has 2 nitrogen and oxygen atoms in total. The molecule has 0 bridgehead atoms. The Morgan fingerprint density at radius 3 is 2.36 bits per heavy atom. The summed E-state index contributed by atoms with van der Waals surface area (Å²) >= 11 is 17.2. The lowest BCUT2D eigenvalue weighted by atomic mass is 10.0. The molecule has 0 aliphatic heterocycles. The zero-order valence-electron chi connectivity index (χ0n) is 10.9. The van der Waals surface area contributed by atoms with Gasteiger partial charge in [-0.2, -0.15) is 18.4 Å². The third kappa shape index (κ3) is 3.19. The molecular weight excluding hydrogens is 360 g/mol. The summed E-state index contributed by atoms with van der Waals surface area (Å²) in [6.45, 7) is 0.0921. The van der Waals surface area contributed by atoms with Crippen LogP contribution in [0.4, 0.5) is 13.2 Å². The molecule has 22 heavy (non-hydrogen) atoms. The van der Waals surface area contributed by atoms with Crippen LogP contribution in [0.1, 0.15) is 11.3 Å². The van der Waals surface area contributed by atoms with Gasteiger partial charge in [-0.25, -0.2) is 0 Å². The van der Waals surface area contributed by atoms with Crippen molar-refractivity contribution in [1.29, 1.82) is 5.26 Å². The molecule has 8 heteroatoms. The predicted molar refractivity (Wildman–Crippen MR) is 80.3 cm³/mol. The number of alkyl halides is 4. The van der Waals surface area contributed by atoms with E-state index >= 15 is 0 Å². The highest BCUT2D eigenvalue weighted by atomic mass is 35.5. The van der Waals surface area contributed by atoms with E-state index in [2.05, 4.69) is 0 Å². The first-order valence-corrected chi connectivity index (χ1v) is 7.30. The molecule has 0 aliphatic rings. The second-order valence-corrected chi connectivity index (χ2v) is 5.58. The second kappa shape index (κ2) is 6.41. The maximum atomic E-state index is 13.3. The summed E-state index contributed by atoms with van der Waals surface area (Å²) in [5.41, 5.74) is -1.08. The topological polar surface area (TPSA) is 28.7 Å². The smallest absolute Gasteiger partial charge is 0.337 e. The number of nitriles is 1. The number of halogens is 6. The minimum Gasteiger partial charge on any atom is -0.337 e. The van der Waals surface area contributed by atoms with E-state index in [0.717, 1.165) is 6.20 Å². The molecule has 2 aromatic rings. The molecule has 0 spiro atoms. The summed E-state index contributed by atoms with van der Waals surface area (Å²) in [5.74, 6) is 0.0848. The average Bonchev–Trinajstić information content (AvgIpc) is 2.81. The van der Waals surface area contributed by atoms with E-state index in [9.17, 15) is 18.4 Å². The van der Waals surface area contributed by atoms with Crippen molar-refractivity contribution in [3.8, 4) is 17.2 Å². The summed E-state index contributed by atoms with van der Waals surface area (Å²) in [4.78, 5) is 0. The van der Waals surface area contributed by atoms with Crippen molar-refractivity contribution in [3.63, 3.8) is 0 Å². The first kappa shape index (κ1) is 17.0. The Kier molecular flexibility index (Phi) is 4.96. The van der Waals surface area contributed by atoms with E-state index in [1.54, 1.807) is 6.07 Å². The lowest BCUT2D eigenvalue weighted by Crippen LogP contribution is -2.05. The number of hydrogen-bond donors (Lipinski definition) is 0. The molecule has 0 unspecified atom stereocenters. The molecule has 0 N–H and O–H groups in total. The maximum Gasteiger partial charge on any atom is 0.418 e. The molecule has 0 atom stereocenters. The monoisotopic (exact) mass is 366 g/mol. The van der Waals surface area contributed by atoms with Crippen LogP contribution in [0.2, 0.25) is 10.0 Å². The summed E-state index contributed by atoms with van der Waals surface area (Å²) in [5, 5.41) is 9.58. The Morgan fingerprint density at radius 1 is 1.18 bits per heavy atom. The molecule has 0 amide bonds. The highest BCUT2D eigenvalue weighted by Crippen LogP contribution is 2.41. The van der Waals surface area contributed by atoms with E-state index in [1.165, 1.54) is 22.8 Å². The van der Waals surface area contributed by atoms with Crippen LogP contribution in [0.25, 0.3) is 11.1 Å². The Morgan fingerprint density at radius 2 is 1.86 bits per heavy atom. The van der Waals surface area contributed by atoms with Crippen LogP contribution in [0, 0.1) is 11.3 Å². The Bertz CT molecular complexity index is 745.